The molecule has 3 aromatic carbocycles. The molecule has 0 aliphatic rings. The highest BCUT2D eigenvalue weighted by Crippen LogP contribution is 2.24. The second kappa shape index (κ2) is 21.3. The molecule has 2 amide bonds. The Labute approximate surface area is 387 Å². The summed E-state index contributed by atoms with van der Waals surface area (Å²) in [7, 11) is 0. The van der Waals surface area contributed by atoms with E-state index in [9.17, 15) is 24.4 Å². The highest BCUT2D eigenvalue weighted by Gasteiger charge is 2.18. The summed E-state index contributed by atoms with van der Waals surface area (Å²) in [6.07, 6.45) is 1.78. The Morgan fingerprint density at radius 1 is 0.567 bits per heavy atom. The van der Waals surface area contributed by atoms with E-state index in [1.807, 2.05) is 127 Å². The first-order valence-electron chi connectivity index (χ1n) is 21.5. The SMILES string of the molecule is Cc1ncnc2c1c(NCc1cccc(CNC(=O)OC(C)(C)C)c1)cc(=O)n2O.Cc1ncnc2c1c(NCc1cccc(CNC(=O)OC(C)(C)C)c1)cc(=O)n2OCc1ccccc1. The van der Waals surface area contributed by atoms with Crippen molar-refractivity contribution in [2.45, 2.75) is 99.4 Å². The number of aromatic nitrogens is 6. The number of alkyl carbamates (subject to hydrolysis) is 2. The Morgan fingerprint density at radius 2 is 1.00 bits per heavy atom. The lowest BCUT2D eigenvalue weighted by atomic mass is 10.1. The Morgan fingerprint density at radius 3 is 1.49 bits per heavy atom. The molecule has 0 spiro atoms. The molecule has 0 saturated carbocycles. The average Bonchev–Trinajstić information content (AvgIpc) is 3.27. The molecule has 0 saturated heterocycles. The number of hydrogen-bond acceptors (Lipinski definition) is 14. The van der Waals surface area contributed by atoms with Gasteiger partial charge in [0, 0.05) is 38.3 Å². The molecule has 18 heteroatoms. The highest BCUT2D eigenvalue weighted by molar-refractivity contribution is 5.91. The van der Waals surface area contributed by atoms with Gasteiger partial charge in [-0.15, -0.1) is 9.46 Å². The van der Waals surface area contributed by atoms with E-state index in [4.69, 9.17) is 14.3 Å². The lowest BCUT2D eigenvalue weighted by Crippen LogP contribution is -2.32. The van der Waals surface area contributed by atoms with Crippen molar-refractivity contribution in [2.24, 2.45) is 0 Å². The fraction of sp³-hybridized carbons (Fsp3) is 0.306. The van der Waals surface area contributed by atoms with Gasteiger partial charge in [0.05, 0.1) is 33.5 Å². The number of carbonyl (C=O) groups is 2. The molecule has 0 aliphatic carbocycles. The highest BCUT2D eigenvalue weighted by atomic mass is 16.7. The van der Waals surface area contributed by atoms with Crippen molar-refractivity contribution in [3.05, 3.63) is 164 Å². The van der Waals surface area contributed by atoms with Gasteiger partial charge in [-0.2, -0.15) is 0 Å². The van der Waals surface area contributed by atoms with Crippen molar-refractivity contribution in [1.29, 1.82) is 0 Å². The zero-order valence-electron chi connectivity index (χ0n) is 38.8. The first-order valence-corrected chi connectivity index (χ1v) is 21.5. The summed E-state index contributed by atoms with van der Waals surface area (Å²) in [5.41, 5.74) is 5.76. The monoisotopic (exact) mass is 912 g/mol. The minimum Gasteiger partial charge on any atom is -0.444 e. The zero-order chi connectivity index (χ0) is 48.3. The van der Waals surface area contributed by atoms with Crippen LogP contribution in [0, 0.1) is 13.8 Å². The molecule has 0 bridgehead atoms. The van der Waals surface area contributed by atoms with Gasteiger partial charge in [-0.1, -0.05) is 78.9 Å². The summed E-state index contributed by atoms with van der Waals surface area (Å²) in [5, 5.41) is 23.3. The van der Waals surface area contributed by atoms with E-state index in [-0.39, 0.29) is 17.8 Å². The van der Waals surface area contributed by atoms with Crippen molar-refractivity contribution in [1.82, 2.24) is 40.0 Å². The molecule has 67 heavy (non-hydrogen) atoms. The Hall–Kier alpha value is -8.02. The van der Waals surface area contributed by atoms with Crippen LogP contribution in [-0.4, -0.2) is 58.0 Å². The van der Waals surface area contributed by atoms with Crippen LogP contribution in [0.2, 0.25) is 0 Å². The molecule has 7 rings (SSSR count). The van der Waals surface area contributed by atoms with Crippen molar-refractivity contribution >= 4 is 45.6 Å². The van der Waals surface area contributed by atoms with Crippen LogP contribution in [0.25, 0.3) is 22.1 Å². The maximum atomic E-state index is 13.0. The molecule has 0 atom stereocenters. The van der Waals surface area contributed by atoms with Gasteiger partial charge in [-0.05, 0) is 83.2 Å². The van der Waals surface area contributed by atoms with Gasteiger partial charge >= 0.3 is 12.2 Å². The van der Waals surface area contributed by atoms with Gasteiger partial charge in [0.25, 0.3) is 11.1 Å². The van der Waals surface area contributed by atoms with E-state index in [1.54, 1.807) is 6.92 Å². The molecule has 0 unspecified atom stereocenters. The van der Waals surface area contributed by atoms with Crippen LogP contribution in [0.4, 0.5) is 21.0 Å². The van der Waals surface area contributed by atoms with Gasteiger partial charge in [0.2, 0.25) is 0 Å². The van der Waals surface area contributed by atoms with Gasteiger partial charge < -0.3 is 40.8 Å². The number of pyridine rings is 2. The number of ether oxygens (including phenoxy) is 2. The van der Waals surface area contributed by atoms with E-state index in [0.717, 1.165) is 33.5 Å². The van der Waals surface area contributed by atoms with E-state index in [1.165, 1.54) is 29.5 Å². The van der Waals surface area contributed by atoms with E-state index < -0.39 is 28.9 Å². The second-order valence-electron chi connectivity index (χ2n) is 17.5. The number of aryl methyl sites for hydroxylation is 2. The Balaban J connectivity index is 0.000000226. The van der Waals surface area contributed by atoms with Crippen molar-refractivity contribution in [3.8, 4) is 0 Å². The molecule has 0 aliphatic heterocycles. The average molecular weight is 913 g/mol. The largest absolute Gasteiger partial charge is 0.444 e. The second-order valence-corrected chi connectivity index (χ2v) is 17.5. The van der Waals surface area contributed by atoms with Crippen LogP contribution < -0.4 is 37.2 Å². The lowest BCUT2D eigenvalue weighted by molar-refractivity contribution is 0.0512. The molecule has 4 aromatic heterocycles. The maximum absolute atomic E-state index is 13.0. The number of anilines is 2. The van der Waals surface area contributed by atoms with E-state index in [0.29, 0.717) is 64.4 Å². The number of amides is 2. The third kappa shape index (κ3) is 13.7. The number of rotatable bonds is 13. The van der Waals surface area contributed by atoms with E-state index >= 15 is 0 Å². The summed E-state index contributed by atoms with van der Waals surface area (Å²) in [4.78, 5) is 71.5. The third-order valence-electron chi connectivity index (χ3n) is 9.73. The summed E-state index contributed by atoms with van der Waals surface area (Å²) in [6, 6.07) is 27.9. The van der Waals surface area contributed by atoms with Crippen LogP contribution in [0.5, 0.6) is 0 Å². The van der Waals surface area contributed by atoms with Gasteiger partial charge in [0.1, 0.15) is 30.5 Å². The van der Waals surface area contributed by atoms with Crippen LogP contribution in [-0.2, 0) is 42.3 Å². The molecular weight excluding hydrogens is 857 g/mol. The molecule has 0 radical (unpaired) electrons. The van der Waals surface area contributed by atoms with E-state index in [2.05, 4.69) is 41.2 Å². The normalized spacial score (nSPS) is 11.3. The fourth-order valence-electron chi connectivity index (χ4n) is 6.77. The molecule has 350 valence electrons. The predicted octanol–water partition coefficient (Wildman–Crippen LogP) is 7.34. The number of carbonyl (C=O) groups excluding carboxylic acids is 2. The van der Waals surface area contributed by atoms with Crippen LogP contribution >= 0.6 is 0 Å². The van der Waals surface area contributed by atoms with Crippen molar-refractivity contribution < 1.29 is 29.1 Å². The third-order valence-corrected chi connectivity index (χ3v) is 9.73. The van der Waals surface area contributed by atoms with Gasteiger partial charge in [0.15, 0.2) is 11.3 Å². The Kier molecular flexibility index (Phi) is 15.4. The fourth-order valence-corrected chi connectivity index (χ4v) is 6.77. The first kappa shape index (κ1) is 48.4. The van der Waals surface area contributed by atoms with Crippen LogP contribution in [0.3, 0.4) is 0 Å². The topological polar surface area (TPSA) is 226 Å². The minimum atomic E-state index is -0.585. The summed E-state index contributed by atoms with van der Waals surface area (Å²) < 4.78 is 12.3. The minimum absolute atomic E-state index is 0.146. The van der Waals surface area contributed by atoms with Crippen molar-refractivity contribution in [3.63, 3.8) is 0 Å². The summed E-state index contributed by atoms with van der Waals surface area (Å²) >= 11 is 0. The molecule has 4 heterocycles. The first-order chi connectivity index (χ1) is 31.8. The molecule has 0 fully saturated rings. The van der Waals surface area contributed by atoms with Crippen LogP contribution in [0.15, 0.2) is 113 Å². The lowest BCUT2D eigenvalue weighted by Gasteiger charge is -2.19. The molecule has 5 N–H and O–H groups in total. The number of nitrogens with one attached hydrogen (secondary N) is 4. The Bertz CT molecular complexity index is 2980. The summed E-state index contributed by atoms with van der Waals surface area (Å²) in [5.74, 6) is 0. The maximum Gasteiger partial charge on any atom is 0.407 e. The molecule has 18 nitrogen and oxygen atoms in total. The van der Waals surface area contributed by atoms with Crippen LogP contribution in [0.1, 0.15) is 80.7 Å². The number of nitrogens with zero attached hydrogens (tertiary/aromatic N) is 6. The predicted molar refractivity (Wildman–Crippen MR) is 255 cm³/mol. The van der Waals surface area contributed by atoms with Crippen molar-refractivity contribution in [2.75, 3.05) is 10.6 Å². The smallest absolute Gasteiger partial charge is 0.407 e. The molecule has 7 aromatic rings. The number of benzene rings is 3. The quantitative estimate of drug-likeness (QED) is 0.0714. The number of hydrogen-bond donors (Lipinski definition) is 5. The number of fused-ring (bicyclic) bond motifs is 2. The zero-order valence-corrected chi connectivity index (χ0v) is 38.8. The molecular formula is C49H56N10O8. The van der Waals surface area contributed by atoms with Gasteiger partial charge in [-0.25, -0.2) is 29.5 Å². The summed E-state index contributed by atoms with van der Waals surface area (Å²) in [6.45, 7) is 16.3. The standard InChI is InChI=1S/C28H31N5O4.C21H25N5O4/c1-19-25-23(29-15-21-11-8-12-22(13-21)16-30-27(35)37-28(2,3)4)14-24(34)33(26(25)32-18-31-19)36-17-20-9-6-5-7-10-20;1-13-18-16(9-17(27)26(29)19(18)25-12-24-13)22-10-14-6-5-7-15(8-14)11-23-20(28)30-21(2,3)4/h5-14,18,29H,15-17H2,1-4H3,(H,30,35);5-9,12,22,29H,10-11H2,1-4H3,(H,23,28). The van der Waals surface area contributed by atoms with Gasteiger partial charge in [-0.3, -0.25) is 9.59 Å².